The third kappa shape index (κ3) is 1.40. The molecule has 0 nitrogen and oxygen atoms in total. The molecule has 0 N–H and O–H groups in total. The van der Waals surface area contributed by atoms with Crippen LogP contribution < -0.4 is 0 Å². The third-order valence-electron chi connectivity index (χ3n) is 2.93. The quantitative estimate of drug-likeness (QED) is 0.533. The zero-order valence-electron chi connectivity index (χ0n) is 7.32. The number of rotatable bonds is 1. The molecule has 0 aromatic carbocycles. The molecule has 0 heteroatoms. The summed E-state index contributed by atoms with van der Waals surface area (Å²) in [4.78, 5) is 0. The van der Waals surface area contributed by atoms with Gasteiger partial charge in [0.15, 0.2) is 0 Å². The molecule has 0 unspecified atom stereocenters. The summed E-state index contributed by atoms with van der Waals surface area (Å²) in [6.45, 7) is 2.28. The second-order valence-corrected chi connectivity index (χ2v) is 3.80. The van der Waals surface area contributed by atoms with E-state index in [0.29, 0.717) is 0 Å². The summed E-state index contributed by atoms with van der Waals surface area (Å²) in [5.74, 6) is 0. The van der Waals surface area contributed by atoms with E-state index in [1.807, 2.05) is 0 Å². The first-order chi connectivity index (χ1) is 5.36. The zero-order valence-corrected chi connectivity index (χ0v) is 7.32. The minimum atomic E-state index is 1.37. The van der Waals surface area contributed by atoms with Gasteiger partial charge >= 0.3 is 0 Å². The van der Waals surface area contributed by atoms with Crippen molar-refractivity contribution in [1.82, 2.24) is 0 Å². The molecule has 0 aromatic rings. The van der Waals surface area contributed by atoms with Gasteiger partial charge in [-0.05, 0) is 45.4 Å². The van der Waals surface area contributed by atoms with Crippen LogP contribution in [0.4, 0.5) is 0 Å². The van der Waals surface area contributed by atoms with Gasteiger partial charge in [-0.3, -0.25) is 0 Å². The molecule has 2 aliphatic carbocycles. The van der Waals surface area contributed by atoms with Crippen molar-refractivity contribution in [3.8, 4) is 0 Å². The fourth-order valence-corrected chi connectivity index (χ4v) is 1.68. The Kier molecular flexibility index (Phi) is 1.85. The summed E-state index contributed by atoms with van der Waals surface area (Å²) in [6, 6.07) is 0. The summed E-state index contributed by atoms with van der Waals surface area (Å²) in [5.41, 5.74) is 4.97. The van der Waals surface area contributed by atoms with Crippen molar-refractivity contribution in [2.24, 2.45) is 0 Å². The van der Waals surface area contributed by atoms with Crippen LogP contribution in [-0.2, 0) is 0 Å². The lowest BCUT2D eigenvalue weighted by Gasteiger charge is -2.21. The van der Waals surface area contributed by atoms with Gasteiger partial charge in [-0.2, -0.15) is 0 Å². The van der Waals surface area contributed by atoms with Crippen molar-refractivity contribution in [2.45, 2.75) is 45.4 Å². The molecule has 11 heavy (non-hydrogen) atoms. The van der Waals surface area contributed by atoms with E-state index < -0.39 is 0 Å². The molecule has 0 amide bonds. The van der Waals surface area contributed by atoms with Gasteiger partial charge in [0.1, 0.15) is 0 Å². The lowest BCUT2D eigenvalue weighted by atomic mass is 9.85. The summed E-state index contributed by atoms with van der Waals surface area (Å²) in [7, 11) is 0. The maximum atomic E-state index is 2.43. The molecule has 0 atom stereocenters. The number of allylic oxidation sites excluding steroid dienone is 4. The van der Waals surface area contributed by atoms with Crippen molar-refractivity contribution in [3.63, 3.8) is 0 Å². The maximum Gasteiger partial charge on any atom is -0.0312 e. The van der Waals surface area contributed by atoms with Crippen molar-refractivity contribution < 1.29 is 0 Å². The van der Waals surface area contributed by atoms with Crippen LogP contribution in [0.1, 0.15) is 45.4 Å². The Hall–Kier alpha value is -0.520. The lowest BCUT2D eigenvalue weighted by Crippen LogP contribution is -2.01. The van der Waals surface area contributed by atoms with Crippen molar-refractivity contribution in [3.05, 3.63) is 22.8 Å². The Morgan fingerprint density at radius 1 is 1.09 bits per heavy atom. The molecule has 0 aromatic heterocycles. The molecule has 0 heterocycles. The second-order valence-electron chi connectivity index (χ2n) is 3.80. The highest BCUT2D eigenvalue weighted by Crippen LogP contribution is 2.32. The highest BCUT2D eigenvalue weighted by Gasteiger charge is 2.12. The Labute approximate surface area is 69.0 Å². The molecule has 0 spiro atoms. The first kappa shape index (κ1) is 7.15. The highest BCUT2D eigenvalue weighted by atomic mass is 14.2. The number of hydrogen-bond acceptors (Lipinski definition) is 0. The fourth-order valence-electron chi connectivity index (χ4n) is 1.68. The summed E-state index contributed by atoms with van der Waals surface area (Å²) < 4.78 is 0. The topological polar surface area (TPSA) is 0 Å². The van der Waals surface area contributed by atoms with Crippen LogP contribution in [0.5, 0.6) is 0 Å². The van der Waals surface area contributed by atoms with Gasteiger partial charge in [0.2, 0.25) is 0 Å². The Bertz CT molecular complexity index is 206. The van der Waals surface area contributed by atoms with Gasteiger partial charge in [-0.1, -0.05) is 22.8 Å². The van der Waals surface area contributed by atoms with Crippen LogP contribution in [0.3, 0.4) is 0 Å². The van der Waals surface area contributed by atoms with E-state index in [1.54, 1.807) is 16.7 Å². The molecule has 2 fully saturated rings. The molecule has 2 saturated carbocycles. The molecular formula is C11H16. The molecule has 0 radical (unpaired) electrons. The third-order valence-corrected chi connectivity index (χ3v) is 2.93. The van der Waals surface area contributed by atoms with E-state index in [9.17, 15) is 0 Å². The molecule has 2 aliphatic rings. The average molecular weight is 148 g/mol. The predicted molar refractivity (Wildman–Crippen MR) is 48.5 cm³/mol. The van der Waals surface area contributed by atoms with Crippen molar-refractivity contribution in [1.29, 1.82) is 0 Å². The van der Waals surface area contributed by atoms with Gasteiger partial charge in [0, 0.05) is 0 Å². The van der Waals surface area contributed by atoms with Gasteiger partial charge < -0.3 is 0 Å². The van der Waals surface area contributed by atoms with Crippen molar-refractivity contribution >= 4 is 0 Å². The van der Waals surface area contributed by atoms with Crippen LogP contribution in [0.15, 0.2) is 22.8 Å². The van der Waals surface area contributed by atoms with E-state index in [-0.39, 0.29) is 0 Å². The fraction of sp³-hybridized carbons (Fsp3) is 0.636. The summed E-state index contributed by atoms with van der Waals surface area (Å²) in [6.07, 6.45) is 10.8. The van der Waals surface area contributed by atoms with Gasteiger partial charge in [-0.25, -0.2) is 0 Å². The molecule has 60 valence electrons. The molecular weight excluding hydrogens is 132 g/mol. The largest absolute Gasteiger partial charge is 0.0699 e. The molecule has 2 rings (SSSR count). The first-order valence-electron chi connectivity index (χ1n) is 4.74. The monoisotopic (exact) mass is 148 g/mol. The number of hydrogen-bond donors (Lipinski definition) is 0. The SMILES string of the molecule is CC(C=C1CCC1)=C1CCC1. The predicted octanol–water partition coefficient (Wildman–Crippen LogP) is 3.60. The Morgan fingerprint density at radius 2 is 1.73 bits per heavy atom. The Balaban J connectivity index is 2.03. The summed E-state index contributed by atoms with van der Waals surface area (Å²) >= 11 is 0. The summed E-state index contributed by atoms with van der Waals surface area (Å²) in [5, 5.41) is 0. The van der Waals surface area contributed by atoms with E-state index in [1.165, 1.54) is 38.5 Å². The van der Waals surface area contributed by atoms with Gasteiger partial charge in [0.05, 0.1) is 0 Å². The van der Waals surface area contributed by atoms with E-state index in [0.717, 1.165) is 0 Å². The lowest BCUT2D eigenvalue weighted by molar-refractivity contribution is 0.644. The van der Waals surface area contributed by atoms with E-state index >= 15 is 0 Å². The Morgan fingerprint density at radius 3 is 2.09 bits per heavy atom. The average Bonchev–Trinajstić information content (AvgIpc) is 1.74. The first-order valence-corrected chi connectivity index (χ1v) is 4.74. The van der Waals surface area contributed by atoms with Crippen LogP contribution in [0, 0.1) is 0 Å². The smallest absolute Gasteiger partial charge is 0.0312 e. The van der Waals surface area contributed by atoms with Crippen LogP contribution in [0.25, 0.3) is 0 Å². The van der Waals surface area contributed by atoms with Crippen LogP contribution in [0.2, 0.25) is 0 Å². The van der Waals surface area contributed by atoms with E-state index in [4.69, 9.17) is 0 Å². The van der Waals surface area contributed by atoms with Crippen LogP contribution in [-0.4, -0.2) is 0 Å². The minimum absolute atomic E-state index is 1.37. The normalized spacial score (nSPS) is 22.3. The van der Waals surface area contributed by atoms with E-state index in [2.05, 4.69) is 13.0 Å². The van der Waals surface area contributed by atoms with Gasteiger partial charge in [-0.15, -0.1) is 0 Å². The molecule has 0 saturated heterocycles. The zero-order chi connectivity index (χ0) is 7.68. The van der Waals surface area contributed by atoms with Gasteiger partial charge in [0.25, 0.3) is 0 Å². The van der Waals surface area contributed by atoms with Crippen molar-refractivity contribution in [2.75, 3.05) is 0 Å². The highest BCUT2D eigenvalue weighted by molar-refractivity contribution is 5.31. The standard InChI is InChI=1S/C11H16/c1-9(11-6-3-7-11)8-10-4-2-5-10/h8H,2-7H2,1H3. The minimum Gasteiger partial charge on any atom is -0.0699 e. The molecule has 0 aliphatic heterocycles. The maximum absolute atomic E-state index is 2.43. The molecule has 0 bridgehead atoms. The van der Waals surface area contributed by atoms with Crippen LogP contribution >= 0.6 is 0 Å². The second kappa shape index (κ2) is 2.84.